The van der Waals surface area contributed by atoms with E-state index >= 15 is 0 Å². The normalized spacial score (nSPS) is 10.0. The second kappa shape index (κ2) is 8.56. The van der Waals surface area contributed by atoms with E-state index in [0.29, 0.717) is 12.2 Å². The van der Waals surface area contributed by atoms with Gasteiger partial charge in [0.25, 0.3) is 0 Å². The van der Waals surface area contributed by atoms with Gasteiger partial charge in [-0.2, -0.15) is 4.68 Å². The van der Waals surface area contributed by atoms with Crippen LogP contribution in [0.5, 0.6) is 5.75 Å². The number of aromatic amines is 1. The molecular formula is C16H18N6O5. The minimum Gasteiger partial charge on any atom is -0.497 e. The van der Waals surface area contributed by atoms with Crippen LogP contribution < -0.4 is 4.74 Å². The molecule has 0 atom stereocenters. The molecule has 0 unspecified atom stereocenters. The summed E-state index contributed by atoms with van der Waals surface area (Å²) in [5.74, 6) is 0.593. The van der Waals surface area contributed by atoms with Gasteiger partial charge in [0.15, 0.2) is 0 Å². The van der Waals surface area contributed by atoms with Gasteiger partial charge in [-0.05, 0) is 41.4 Å². The number of hydrogen-bond donors (Lipinski definition) is 1. The molecule has 0 aliphatic rings. The summed E-state index contributed by atoms with van der Waals surface area (Å²) in [5.41, 5.74) is 2.40. The number of nitrogens with one attached hydrogen (secondary N) is 1. The average Bonchev–Trinajstić information content (AvgIpc) is 3.23. The highest BCUT2D eigenvalue weighted by Crippen LogP contribution is 2.15. The Hall–Kier alpha value is -3.76. The molecule has 0 saturated heterocycles. The minimum absolute atomic E-state index is 0.0625. The van der Waals surface area contributed by atoms with E-state index in [9.17, 15) is 20.2 Å². The molecule has 1 N–H and O–H groups in total. The second-order valence-electron chi connectivity index (χ2n) is 5.56. The highest BCUT2D eigenvalue weighted by Gasteiger charge is 2.15. The highest BCUT2D eigenvalue weighted by atomic mass is 16.6. The summed E-state index contributed by atoms with van der Waals surface area (Å²) in [6, 6.07) is 10.4. The number of rotatable bonds is 5. The van der Waals surface area contributed by atoms with Crippen LogP contribution in [0.25, 0.3) is 0 Å². The topological polar surface area (TPSA) is 142 Å². The van der Waals surface area contributed by atoms with Crippen molar-refractivity contribution in [2.45, 2.75) is 20.4 Å². The molecule has 27 heavy (non-hydrogen) atoms. The molecule has 1 aromatic carbocycles. The van der Waals surface area contributed by atoms with Crippen molar-refractivity contribution < 1.29 is 14.6 Å². The lowest BCUT2D eigenvalue weighted by Gasteiger charge is -2.02. The van der Waals surface area contributed by atoms with Crippen LogP contribution in [-0.4, -0.2) is 36.9 Å². The van der Waals surface area contributed by atoms with E-state index in [0.717, 1.165) is 17.0 Å². The van der Waals surface area contributed by atoms with Gasteiger partial charge in [0.2, 0.25) is 0 Å². The highest BCUT2D eigenvalue weighted by molar-refractivity contribution is 5.28. The van der Waals surface area contributed by atoms with Crippen molar-refractivity contribution in [2.24, 2.45) is 0 Å². The quantitative estimate of drug-likeness (QED) is 0.534. The van der Waals surface area contributed by atoms with Gasteiger partial charge in [-0.15, -0.1) is 5.10 Å². The zero-order chi connectivity index (χ0) is 20.0. The maximum atomic E-state index is 10.6. The van der Waals surface area contributed by atoms with Crippen molar-refractivity contribution in [3.05, 3.63) is 73.6 Å². The molecule has 3 rings (SSSR count). The molecule has 0 bridgehead atoms. The maximum absolute atomic E-state index is 10.6. The van der Waals surface area contributed by atoms with Gasteiger partial charge in [-0.1, -0.05) is 17.2 Å². The van der Waals surface area contributed by atoms with E-state index in [1.165, 1.54) is 12.1 Å². The molecule has 0 saturated carbocycles. The molecule has 0 spiro atoms. The van der Waals surface area contributed by atoms with E-state index in [1.54, 1.807) is 25.6 Å². The molecule has 11 heteroatoms. The van der Waals surface area contributed by atoms with Gasteiger partial charge in [0.1, 0.15) is 5.75 Å². The fraction of sp³-hybridized carbons (Fsp3) is 0.250. The number of nitrogens with zero attached hydrogens (tertiary/aromatic N) is 5. The molecule has 0 aliphatic heterocycles. The van der Waals surface area contributed by atoms with Gasteiger partial charge >= 0.3 is 11.6 Å². The number of aromatic nitrogens is 4. The van der Waals surface area contributed by atoms with Crippen LogP contribution in [0, 0.1) is 34.1 Å². The molecule has 11 nitrogen and oxygen atoms in total. The van der Waals surface area contributed by atoms with Crippen LogP contribution in [0.1, 0.15) is 17.0 Å². The van der Waals surface area contributed by atoms with E-state index in [2.05, 4.69) is 15.3 Å². The summed E-state index contributed by atoms with van der Waals surface area (Å²) in [6.07, 6.45) is 0. The number of nitro groups is 2. The van der Waals surface area contributed by atoms with Crippen molar-refractivity contribution >= 4 is 11.6 Å². The molecule has 2 heterocycles. The summed E-state index contributed by atoms with van der Waals surface area (Å²) in [7, 11) is 1.61. The zero-order valence-electron chi connectivity index (χ0n) is 14.9. The first kappa shape index (κ1) is 19.6. The van der Waals surface area contributed by atoms with E-state index in [4.69, 9.17) is 4.74 Å². The number of benzene rings is 1. The van der Waals surface area contributed by atoms with Crippen molar-refractivity contribution in [3.8, 4) is 5.75 Å². The van der Waals surface area contributed by atoms with Crippen molar-refractivity contribution in [3.63, 3.8) is 0 Å². The molecular weight excluding hydrogens is 356 g/mol. The Morgan fingerprint density at radius 3 is 2.19 bits per heavy atom. The Labute approximate surface area is 153 Å². The molecule has 0 aliphatic carbocycles. The van der Waals surface area contributed by atoms with Crippen molar-refractivity contribution in [1.82, 2.24) is 20.0 Å². The predicted molar refractivity (Wildman–Crippen MR) is 95.7 cm³/mol. The third kappa shape index (κ3) is 5.36. The van der Waals surface area contributed by atoms with Gasteiger partial charge in [0.05, 0.1) is 42.3 Å². The summed E-state index contributed by atoms with van der Waals surface area (Å²) in [6.45, 7) is 3.98. The van der Waals surface area contributed by atoms with E-state index in [-0.39, 0.29) is 11.6 Å². The SMILES string of the molecule is COc1ccc(Cn2nc([N+](=O)[O-])cc2C)cc1.Cc1cc([N+](=O)[O-])[nH]n1. The van der Waals surface area contributed by atoms with Crippen LogP contribution in [0.2, 0.25) is 0 Å². The molecule has 142 valence electrons. The minimum atomic E-state index is -0.514. The van der Waals surface area contributed by atoms with Crippen LogP contribution in [0.4, 0.5) is 11.6 Å². The standard InChI is InChI=1S/C12H13N3O3.C4H5N3O2/c1-9-7-12(15(16)17)13-14(9)8-10-3-5-11(18-2)6-4-10;1-3-2-4(6-5-3)7(8)9/h3-7H,8H2,1-2H3;2H,1H3,(H,5,6). The maximum Gasteiger partial charge on any atom is 0.390 e. The van der Waals surface area contributed by atoms with Crippen LogP contribution in [0.3, 0.4) is 0 Å². The molecule has 0 fully saturated rings. The first-order chi connectivity index (χ1) is 12.8. The van der Waals surface area contributed by atoms with Crippen LogP contribution >= 0.6 is 0 Å². The summed E-state index contributed by atoms with van der Waals surface area (Å²) >= 11 is 0. The predicted octanol–water partition coefficient (Wildman–Crippen LogP) is 2.78. The summed E-state index contributed by atoms with van der Waals surface area (Å²) in [5, 5.41) is 30.3. The Balaban J connectivity index is 0.000000244. The van der Waals surface area contributed by atoms with E-state index in [1.807, 2.05) is 24.3 Å². The molecule has 2 aromatic heterocycles. The lowest BCUT2D eigenvalue weighted by atomic mass is 10.2. The lowest BCUT2D eigenvalue weighted by Crippen LogP contribution is -2.04. The van der Waals surface area contributed by atoms with E-state index < -0.39 is 9.85 Å². The Morgan fingerprint density at radius 2 is 1.78 bits per heavy atom. The van der Waals surface area contributed by atoms with Gasteiger partial charge < -0.3 is 25.0 Å². The smallest absolute Gasteiger partial charge is 0.390 e. The number of ether oxygens (including phenoxy) is 1. The van der Waals surface area contributed by atoms with Gasteiger partial charge in [0, 0.05) is 0 Å². The molecule has 0 radical (unpaired) electrons. The Bertz CT molecular complexity index is 931. The number of methoxy groups -OCH3 is 1. The second-order valence-corrected chi connectivity index (χ2v) is 5.56. The van der Waals surface area contributed by atoms with Gasteiger partial charge in [-0.3, -0.25) is 0 Å². The van der Waals surface area contributed by atoms with Crippen LogP contribution in [0.15, 0.2) is 36.4 Å². The third-order valence-electron chi connectivity index (χ3n) is 3.54. The third-order valence-corrected chi connectivity index (χ3v) is 3.54. The summed E-state index contributed by atoms with van der Waals surface area (Å²) in [4.78, 5) is 19.6. The van der Waals surface area contributed by atoms with Crippen molar-refractivity contribution in [2.75, 3.05) is 7.11 Å². The Kier molecular flexibility index (Phi) is 6.20. The first-order valence-electron chi connectivity index (χ1n) is 7.78. The van der Waals surface area contributed by atoms with Crippen LogP contribution in [-0.2, 0) is 6.54 Å². The number of H-pyrrole nitrogens is 1. The zero-order valence-corrected chi connectivity index (χ0v) is 14.9. The largest absolute Gasteiger partial charge is 0.497 e. The fourth-order valence-corrected chi connectivity index (χ4v) is 2.15. The number of hydrogen-bond acceptors (Lipinski definition) is 7. The van der Waals surface area contributed by atoms with Crippen molar-refractivity contribution in [1.29, 1.82) is 0 Å². The Morgan fingerprint density at radius 1 is 1.11 bits per heavy atom. The fourth-order valence-electron chi connectivity index (χ4n) is 2.15. The summed E-state index contributed by atoms with van der Waals surface area (Å²) < 4.78 is 6.68. The average molecular weight is 374 g/mol. The molecule has 0 amide bonds. The lowest BCUT2D eigenvalue weighted by molar-refractivity contribution is -0.389. The molecule has 3 aromatic rings. The monoisotopic (exact) mass is 374 g/mol. The first-order valence-corrected chi connectivity index (χ1v) is 7.78. The van der Waals surface area contributed by atoms with Gasteiger partial charge in [-0.25, -0.2) is 0 Å². The number of aryl methyl sites for hydroxylation is 2.